The fourth-order valence-corrected chi connectivity index (χ4v) is 9.41. The number of fused-ring (bicyclic) bond motifs is 9. The van der Waals surface area contributed by atoms with Crippen LogP contribution < -0.4 is 4.90 Å². The monoisotopic (exact) mass is 728 g/mol. The molecule has 2 aromatic heterocycles. The molecule has 0 amide bonds. The molecule has 268 valence electrons. The average molecular weight is 729 g/mol. The Morgan fingerprint density at radius 2 is 1.14 bits per heavy atom. The third-order valence-corrected chi connectivity index (χ3v) is 12.1. The van der Waals surface area contributed by atoms with E-state index >= 15 is 0 Å². The summed E-state index contributed by atoms with van der Waals surface area (Å²) in [4.78, 5) is 2.46. The van der Waals surface area contributed by atoms with E-state index in [0.717, 1.165) is 45.2 Å². The summed E-state index contributed by atoms with van der Waals surface area (Å²) in [5.41, 5.74) is 17.7. The normalized spacial score (nSPS) is 14.8. The Morgan fingerprint density at radius 1 is 0.474 bits per heavy atom. The smallest absolute Gasteiger partial charge is 0.143 e. The quantitative estimate of drug-likeness (QED) is 0.176. The molecule has 2 aliphatic rings. The van der Waals surface area contributed by atoms with Crippen LogP contribution >= 0.6 is 0 Å². The maximum atomic E-state index is 6.39. The van der Waals surface area contributed by atoms with Crippen molar-refractivity contribution >= 4 is 55.1 Å². The Balaban J connectivity index is 0.912. The minimum absolute atomic E-state index is 0.304. The molecule has 0 saturated heterocycles. The predicted octanol–water partition coefficient (Wildman–Crippen LogP) is 14.8. The Bertz CT molecular complexity index is 3250. The Labute approximate surface area is 330 Å². The van der Waals surface area contributed by atoms with Gasteiger partial charge in [-0.25, -0.2) is 0 Å². The molecule has 0 radical (unpaired) electrons. The van der Waals surface area contributed by atoms with Crippen LogP contribution in [0.25, 0.3) is 82.8 Å². The van der Waals surface area contributed by atoms with Crippen LogP contribution in [0.15, 0.2) is 210 Å². The van der Waals surface area contributed by atoms with Crippen LogP contribution in [-0.2, 0) is 0 Å². The average Bonchev–Trinajstić information content (AvgIpc) is 3.94. The van der Waals surface area contributed by atoms with Crippen LogP contribution in [-0.4, -0.2) is 4.57 Å². The number of rotatable bonds is 5. The molecule has 10 aromatic rings. The van der Waals surface area contributed by atoms with Crippen LogP contribution in [0.4, 0.5) is 11.4 Å². The summed E-state index contributed by atoms with van der Waals surface area (Å²) >= 11 is 0. The van der Waals surface area contributed by atoms with E-state index in [1.165, 1.54) is 66.7 Å². The van der Waals surface area contributed by atoms with Crippen molar-refractivity contribution in [1.29, 1.82) is 0 Å². The van der Waals surface area contributed by atoms with Gasteiger partial charge in [0.1, 0.15) is 11.2 Å². The Morgan fingerprint density at radius 3 is 2.02 bits per heavy atom. The van der Waals surface area contributed by atoms with Gasteiger partial charge in [0.25, 0.3) is 0 Å². The van der Waals surface area contributed by atoms with Crippen molar-refractivity contribution in [2.45, 2.75) is 12.3 Å². The third kappa shape index (κ3) is 4.99. The van der Waals surface area contributed by atoms with Crippen molar-refractivity contribution in [3.63, 3.8) is 0 Å². The minimum atomic E-state index is 0.304. The van der Waals surface area contributed by atoms with Gasteiger partial charge in [-0.15, -0.1) is 0 Å². The molecule has 0 spiro atoms. The van der Waals surface area contributed by atoms with Gasteiger partial charge >= 0.3 is 0 Å². The highest BCUT2D eigenvalue weighted by molar-refractivity contribution is 6.11. The molecule has 0 N–H and O–H groups in total. The van der Waals surface area contributed by atoms with Crippen LogP contribution in [0.3, 0.4) is 0 Å². The van der Waals surface area contributed by atoms with Crippen molar-refractivity contribution in [3.8, 4) is 39.1 Å². The molecule has 0 bridgehead atoms. The second-order valence-electron chi connectivity index (χ2n) is 15.2. The zero-order valence-electron chi connectivity index (χ0n) is 31.1. The zero-order valence-corrected chi connectivity index (χ0v) is 31.1. The highest BCUT2D eigenvalue weighted by Crippen LogP contribution is 2.52. The highest BCUT2D eigenvalue weighted by atomic mass is 16.3. The summed E-state index contributed by atoms with van der Waals surface area (Å²) in [5.74, 6) is 0.304. The number of aromatic nitrogens is 1. The van der Waals surface area contributed by atoms with Gasteiger partial charge < -0.3 is 13.9 Å². The van der Waals surface area contributed by atoms with E-state index in [2.05, 4.69) is 198 Å². The second-order valence-corrected chi connectivity index (χ2v) is 15.2. The predicted molar refractivity (Wildman–Crippen MR) is 238 cm³/mol. The number of benzene rings is 8. The number of anilines is 2. The summed E-state index contributed by atoms with van der Waals surface area (Å²) in [6.07, 6.45) is 7.80. The molecule has 3 heterocycles. The first kappa shape index (κ1) is 31.9. The first-order chi connectivity index (χ1) is 28.3. The van der Waals surface area contributed by atoms with E-state index in [4.69, 9.17) is 4.42 Å². The number of nitrogens with zero attached hydrogens (tertiary/aromatic N) is 2. The van der Waals surface area contributed by atoms with Crippen LogP contribution in [0, 0.1) is 0 Å². The molecular weight excluding hydrogens is 693 g/mol. The molecule has 3 nitrogen and oxygen atoms in total. The number of para-hydroxylation sites is 3. The first-order valence-corrected chi connectivity index (χ1v) is 19.8. The second kappa shape index (κ2) is 12.6. The first-order valence-electron chi connectivity index (χ1n) is 19.8. The van der Waals surface area contributed by atoms with Crippen LogP contribution in [0.1, 0.15) is 17.9 Å². The SMILES string of the molecule is C1=CCC2C(=C1)N(c1ccc(-c3cccc4c3oc3ccccc34)cc1)c1ccc(-c3ccc4c(c3)c3ccccc3n4-c3ccc(-c4ccccc4)cc3)cc12. The van der Waals surface area contributed by atoms with Gasteiger partial charge in [0.15, 0.2) is 0 Å². The van der Waals surface area contributed by atoms with Crippen LogP contribution in [0.2, 0.25) is 0 Å². The standard InChI is InChI=1S/C54H36N2O/c1-2-11-35(12-3-1)36-21-27-40(28-22-36)55-49-18-7-4-13-43(49)47-33-38(25-31-51(47)55)39-26-32-52-48(34-39)44-14-5-8-19-50(44)56(52)41-29-23-37(24-30-41)42-16-10-17-46-45-15-6-9-20-53(45)57-54(42)46/h1-13,15-34,44H,14H2. The van der Waals surface area contributed by atoms with Gasteiger partial charge in [-0.2, -0.15) is 0 Å². The van der Waals surface area contributed by atoms with E-state index in [-0.39, 0.29) is 0 Å². The summed E-state index contributed by atoms with van der Waals surface area (Å²) in [7, 11) is 0. The van der Waals surface area contributed by atoms with Gasteiger partial charge in [-0.05, 0) is 107 Å². The van der Waals surface area contributed by atoms with Gasteiger partial charge in [0.05, 0.1) is 11.0 Å². The highest BCUT2D eigenvalue weighted by Gasteiger charge is 2.35. The molecule has 12 rings (SSSR count). The zero-order chi connectivity index (χ0) is 37.5. The van der Waals surface area contributed by atoms with Gasteiger partial charge in [0, 0.05) is 55.8 Å². The number of furan rings is 1. The van der Waals surface area contributed by atoms with Crippen molar-refractivity contribution in [2.24, 2.45) is 0 Å². The lowest BCUT2D eigenvalue weighted by atomic mass is 9.90. The summed E-state index contributed by atoms with van der Waals surface area (Å²) in [5, 5.41) is 4.82. The maximum absolute atomic E-state index is 6.39. The van der Waals surface area contributed by atoms with E-state index in [1.54, 1.807) is 0 Å². The topological polar surface area (TPSA) is 21.3 Å². The summed E-state index contributed by atoms with van der Waals surface area (Å²) < 4.78 is 8.79. The van der Waals surface area contributed by atoms with E-state index < -0.39 is 0 Å². The molecule has 0 saturated carbocycles. The molecule has 3 heteroatoms. The summed E-state index contributed by atoms with van der Waals surface area (Å²) in [6.45, 7) is 0. The minimum Gasteiger partial charge on any atom is -0.455 e. The summed E-state index contributed by atoms with van der Waals surface area (Å²) in [6, 6.07) is 66.1. The lowest BCUT2D eigenvalue weighted by molar-refractivity contribution is 0.670. The fourth-order valence-electron chi connectivity index (χ4n) is 9.41. The van der Waals surface area contributed by atoms with E-state index in [9.17, 15) is 0 Å². The molecule has 1 aliphatic carbocycles. The molecule has 1 atom stereocenters. The maximum Gasteiger partial charge on any atom is 0.143 e. The van der Waals surface area contributed by atoms with Crippen molar-refractivity contribution < 1.29 is 4.42 Å². The van der Waals surface area contributed by atoms with Crippen molar-refractivity contribution in [1.82, 2.24) is 4.57 Å². The molecule has 1 aliphatic heterocycles. The molecule has 8 aromatic carbocycles. The number of allylic oxidation sites excluding steroid dienone is 4. The number of hydrogen-bond donors (Lipinski definition) is 0. The lowest BCUT2D eigenvalue weighted by Crippen LogP contribution is -2.14. The fraction of sp³-hybridized carbons (Fsp3) is 0.0370. The van der Waals surface area contributed by atoms with Crippen LogP contribution in [0.5, 0.6) is 0 Å². The van der Waals surface area contributed by atoms with Gasteiger partial charge in [-0.1, -0.05) is 133 Å². The third-order valence-electron chi connectivity index (χ3n) is 12.1. The molecule has 0 fully saturated rings. The molecular formula is C54H36N2O. The van der Waals surface area contributed by atoms with E-state index in [1.807, 2.05) is 12.1 Å². The Kier molecular flexibility index (Phi) is 7.05. The molecule has 1 unspecified atom stereocenters. The van der Waals surface area contributed by atoms with Gasteiger partial charge in [-0.3, -0.25) is 0 Å². The number of hydrogen-bond acceptors (Lipinski definition) is 2. The van der Waals surface area contributed by atoms with E-state index in [0.29, 0.717) is 5.92 Å². The van der Waals surface area contributed by atoms with Crippen molar-refractivity contribution in [3.05, 3.63) is 211 Å². The lowest BCUT2D eigenvalue weighted by Gasteiger charge is -2.24. The largest absolute Gasteiger partial charge is 0.455 e. The van der Waals surface area contributed by atoms with Gasteiger partial charge in [0.2, 0.25) is 0 Å². The molecule has 57 heavy (non-hydrogen) atoms. The Hall–Kier alpha value is -7.36. The van der Waals surface area contributed by atoms with Crippen molar-refractivity contribution in [2.75, 3.05) is 4.90 Å².